The fourth-order valence-electron chi connectivity index (χ4n) is 7.10. The molecule has 3 aromatic rings. The van der Waals surface area contributed by atoms with Gasteiger partial charge in [0.2, 0.25) is 0 Å². The molecule has 0 bridgehead atoms. The zero-order valence-corrected chi connectivity index (χ0v) is 29.1. The van der Waals surface area contributed by atoms with E-state index in [2.05, 4.69) is 30.5 Å². The number of nitrogens with zero attached hydrogens (tertiary/aromatic N) is 2. The molecule has 2 atom stereocenters. The number of hydrogen-bond acceptors (Lipinski definition) is 5. The predicted octanol–water partition coefficient (Wildman–Crippen LogP) is 8.74. The summed E-state index contributed by atoms with van der Waals surface area (Å²) in [5, 5.41) is 0. The molecule has 7 nitrogen and oxygen atoms in total. The molecule has 2 aromatic carbocycles. The van der Waals surface area contributed by atoms with Crippen molar-refractivity contribution in [2.24, 2.45) is 0 Å². The number of piperidine rings is 1. The van der Waals surface area contributed by atoms with E-state index in [0.717, 1.165) is 66.0 Å². The van der Waals surface area contributed by atoms with E-state index in [4.69, 9.17) is 14.2 Å². The molecule has 8 heteroatoms. The number of halogens is 1. The number of carbonyl (C=O) groups is 2. The minimum atomic E-state index is -0.877. The zero-order chi connectivity index (χ0) is 33.9. The second-order valence-corrected chi connectivity index (χ2v) is 14.7. The summed E-state index contributed by atoms with van der Waals surface area (Å²) in [7, 11) is 0. The molecular formula is C39H51FN2O5. The molecule has 47 heavy (non-hydrogen) atoms. The Bertz CT molecular complexity index is 1530. The van der Waals surface area contributed by atoms with E-state index < -0.39 is 11.4 Å². The van der Waals surface area contributed by atoms with Crippen molar-refractivity contribution in [1.82, 2.24) is 9.47 Å². The molecular weight excluding hydrogens is 595 g/mol. The summed E-state index contributed by atoms with van der Waals surface area (Å²) < 4.78 is 34.7. The van der Waals surface area contributed by atoms with Crippen molar-refractivity contribution < 1.29 is 28.2 Å². The number of esters is 1. The van der Waals surface area contributed by atoms with Crippen LogP contribution in [0.4, 0.5) is 4.39 Å². The van der Waals surface area contributed by atoms with E-state index in [9.17, 15) is 14.0 Å². The van der Waals surface area contributed by atoms with Gasteiger partial charge in [0, 0.05) is 37.3 Å². The smallest absolute Gasteiger partial charge is 0.308 e. The first kappa shape index (κ1) is 34.8. The van der Waals surface area contributed by atoms with Gasteiger partial charge >= 0.3 is 5.97 Å². The van der Waals surface area contributed by atoms with Crippen LogP contribution in [0.25, 0.3) is 22.4 Å². The molecule has 2 aliphatic heterocycles. The Labute approximate surface area is 279 Å². The Hall–Kier alpha value is -3.49. The van der Waals surface area contributed by atoms with Gasteiger partial charge in [0.1, 0.15) is 11.4 Å². The van der Waals surface area contributed by atoms with Crippen molar-refractivity contribution in [2.45, 2.75) is 123 Å². The highest BCUT2D eigenvalue weighted by molar-refractivity contribution is 6.06. The molecule has 0 saturated carbocycles. The molecule has 2 aliphatic rings. The van der Waals surface area contributed by atoms with Crippen molar-refractivity contribution >= 4 is 11.9 Å². The third-order valence-corrected chi connectivity index (χ3v) is 8.80. The summed E-state index contributed by atoms with van der Waals surface area (Å²) in [4.78, 5) is 29.3. The summed E-state index contributed by atoms with van der Waals surface area (Å²) >= 11 is 0. The van der Waals surface area contributed by atoms with Gasteiger partial charge in [-0.2, -0.15) is 0 Å². The van der Waals surface area contributed by atoms with Crippen LogP contribution in [0.5, 0.6) is 0 Å². The monoisotopic (exact) mass is 646 g/mol. The molecule has 2 fully saturated rings. The van der Waals surface area contributed by atoms with E-state index in [1.807, 2.05) is 57.7 Å². The molecule has 1 aromatic heterocycles. The molecule has 0 spiro atoms. The first-order valence-electron chi connectivity index (χ1n) is 17.2. The van der Waals surface area contributed by atoms with Crippen LogP contribution in [0.15, 0.2) is 54.6 Å². The number of likely N-dealkylation sites (tertiary alicyclic amines) is 1. The molecule has 5 rings (SSSR count). The molecule has 0 N–H and O–H groups in total. The van der Waals surface area contributed by atoms with Crippen LogP contribution in [-0.2, 0) is 25.5 Å². The summed E-state index contributed by atoms with van der Waals surface area (Å²) in [5.41, 5.74) is 4.70. The lowest BCUT2D eigenvalue weighted by molar-refractivity contribution is -0.301. The maximum atomic E-state index is 14.6. The molecule has 254 valence electrons. The summed E-state index contributed by atoms with van der Waals surface area (Å²) in [6, 6.07) is 16.6. The van der Waals surface area contributed by atoms with Crippen molar-refractivity contribution in [3.8, 4) is 22.4 Å². The van der Waals surface area contributed by atoms with Crippen molar-refractivity contribution in [3.05, 3.63) is 71.7 Å². The minimum absolute atomic E-state index is 0.0300. The van der Waals surface area contributed by atoms with Crippen LogP contribution >= 0.6 is 0 Å². The van der Waals surface area contributed by atoms with E-state index >= 15 is 0 Å². The standard InChI is InChI=1S/C39H51FN2O5/c1-26(2)35-34(37(44)41-21-12-9-13-22-41)33(27-14-10-8-11-15-27)36(28-16-18-29(40)19-17-28)42(35)23-20-30-24-31(46-39(6,7)45-30)25-32(43)47-38(3,4)5/h8,10-11,14-19,26,30-31H,9,12-13,20-25H2,1-7H3. The summed E-state index contributed by atoms with van der Waals surface area (Å²) in [5.74, 6) is -1.40. The van der Waals surface area contributed by atoms with Gasteiger partial charge in [-0.3, -0.25) is 9.59 Å². The van der Waals surface area contributed by atoms with Crippen molar-refractivity contribution in [1.29, 1.82) is 0 Å². The highest BCUT2D eigenvalue weighted by atomic mass is 19.1. The predicted molar refractivity (Wildman–Crippen MR) is 183 cm³/mol. The van der Waals surface area contributed by atoms with Crippen LogP contribution in [0.3, 0.4) is 0 Å². The first-order chi connectivity index (χ1) is 22.2. The second kappa shape index (κ2) is 14.3. The fourth-order valence-corrected chi connectivity index (χ4v) is 7.10. The quantitative estimate of drug-likeness (QED) is 0.218. The highest BCUT2D eigenvalue weighted by Crippen LogP contribution is 2.43. The number of aromatic nitrogens is 1. The summed E-state index contributed by atoms with van der Waals surface area (Å²) in [6.45, 7) is 15.6. The normalized spacial score (nSPS) is 20.0. The largest absolute Gasteiger partial charge is 0.460 e. The van der Waals surface area contributed by atoms with E-state index in [1.165, 1.54) is 12.1 Å². The van der Waals surface area contributed by atoms with Gasteiger partial charge in [-0.05, 0) is 102 Å². The molecule has 2 unspecified atom stereocenters. The third kappa shape index (κ3) is 8.52. The number of carbonyl (C=O) groups excluding carboxylic acids is 2. The lowest BCUT2D eigenvalue weighted by Gasteiger charge is -2.41. The van der Waals surface area contributed by atoms with Gasteiger partial charge < -0.3 is 23.7 Å². The van der Waals surface area contributed by atoms with Crippen LogP contribution in [0.1, 0.15) is 109 Å². The van der Waals surface area contributed by atoms with Gasteiger partial charge in [0.05, 0.1) is 29.9 Å². The van der Waals surface area contributed by atoms with E-state index in [-0.39, 0.29) is 42.2 Å². The van der Waals surface area contributed by atoms with Crippen LogP contribution in [0.2, 0.25) is 0 Å². The zero-order valence-electron chi connectivity index (χ0n) is 29.1. The van der Waals surface area contributed by atoms with E-state index in [0.29, 0.717) is 19.4 Å². The number of rotatable bonds is 9. The Morgan fingerprint density at radius 2 is 1.57 bits per heavy atom. The van der Waals surface area contributed by atoms with Gasteiger partial charge in [0.15, 0.2) is 5.79 Å². The molecule has 3 heterocycles. The number of amides is 1. The van der Waals surface area contributed by atoms with E-state index in [1.54, 1.807) is 12.1 Å². The molecule has 0 aliphatic carbocycles. The Kier molecular flexibility index (Phi) is 10.6. The Morgan fingerprint density at radius 1 is 0.936 bits per heavy atom. The van der Waals surface area contributed by atoms with Crippen LogP contribution < -0.4 is 0 Å². The highest BCUT2D eigenvalue weighted by Gasteiger charge is 2.38. The summed E-state index contributed by atoms with van der Waals surface area (Å²) in [6.07, 6.45) is 3.90. The number of ether oxygens (including phenoxy) is 3. The topological polar surface area (TPSA) is 70.0 Å². The Balaban J connectivity index is 1.58. The minimum Gasteiger partial charge on any atom is -0.460 e. The van der Waals surface area contributed by atoms with Gasteiger partial charge in [0.25, 0.3) is 5.91 Å². The van der Waals surface area contributed by atoms with Crippen LogP contribution in [0, 0.1) is 5.82 Å². The number of benzene rings is 2. The van der Waals surface area contributed by atoms with Gasteiger partial charge in [-0.25, -0.2) is 4.39 Å². The Morgan fingerprint density at radius 3 is 2.19 bits per heavy atom. The molecule has 0 radical (unpaired) electrons. The average molecular weight is 647 g/mol. The van der Waals surface area contributed by atoms with Gasteiger partial charge in [-0.1, -0.05) is 44.2 Å². The number of hydrogen-bond donors (Lipinski definition) is 0. The lowest BCUT2D eigenvalue weighted by Crippen LogP contribution is -2.46. The molecule has 1 amide bonds. The van der Waals surface area contributed by atoms with Crippen molar-refractivity contribution in [3.63, 3.8) is 0 Å². The SMILES string of the molecule is CC(C)c1c(C(=O)N2CCCCC2)c(-c2ccccc2)c(-c2ccc(F)cc2)n1CCC1CC(CC(=O)OC(C)(C)C)OC(C)(C)O1. The maximum Gasteiger partial charge on any atom is 0.308 e. The average Bonchev–Trinajstić information content (AvgIpc) is 3.34. The fraction of sp³-hybridized carbons (Fsp3) is 0.538. The van der Waals surface area contributed by atoms with Crippen LogP contribution in [-0.4, -0.2) is 58.0 Å². The third-order valence-electron chi connectivity index (χ3n) is 8.80. The first-order valence-corrected chi connectivity index (χ1v) is 17.2. The van der Waals surface area contributed by atoms with Gasteiger partial charge in [-0.15, -0.1) is 0 Å². The lowest BCUT2D eigenvalue weighted by atomic mass is 9.93. The maximum absolute atomic E-state index is 14.6. The molecule has 2 saturated heterocycles. The van der Waals surface area contributed by atoms with Crippen molar-refractivity contribution in [2.75, 3.05) is 13.1 Å². The second-order valence-electron chi connectivity index (χ2n) is 14.7.